The summed E-state index contributed by atoms with van der Waals surface area (Å²) in [7, 11) is 0. The van der Waals surface area contributed by atoms with Crippen LogP contribution in [0.1, 0.15) is 33.6 Å². The molecule has 5 heteroatoms. The van der Waals surface area contributed by atoms with E-state index in [9.17, 15) is 9.59 Å². The Labute approximate surface area is 143 Å². The molecule has 2 unspecified atom stereocenters. The molecule has 3 atom stereocenters. The summed E-state index contributed by atoms with van der Waals surface area (Å²) >= 11 is 9.40. The average Bonchev–Trinajstić information content (AvgIpc) is 2.74. The standard InChI is InChI=1S/C17H19BrClNO2/c1-15(2)16(3)8-9-17(15,12(18)13(16)21)14(22)20-11-6-4-10(19)5-7-11/h4-7,12H,8-9H2,1-3H3,(H,20,22)/t12-,16?,17?/m1/s1. The Bertz CT molecular complexity index is 657. The van der Waals surface area contributed by atoms with Gasteiger partial charge in [-0.15, -0.1) is 0 Å². The number of hydrogen-bond donors (Lipinski definition) is 1. The second kappa shape index (κ2) is 4.81. The highest BCUT2D eigenvalue weighted by atomic mass is 79.9. The highest BCUT2D eigenvalue weighted by Crippen LogP contribution is 2.72. The molecule has 1 aromatic carbocycles. The van der Waals surface area contributed by atoms with Gasteiger partial charge in [0.1, 0.15) is 0 Å². The van der Waals surface area contributed by atoms with Gasteiger partial charge in [-0.25, -0.2) is 0 Å². The van der Waals surface area contributed by atoms with Crippen LogP contribution >= 0.6 is 27.5 Å². The Hall–Kier alpha value is -0.870. The molecule has 0 heterocycles. The Morgan fingerprint density at radius 2 is 1.82 bits per heavy atom. The minimum absolute atomic E-state index is 0.0868. The van der Waals surface area contributed by atoms with Gasteiger partial charge in [-0.3, -0.25) is 9.59 Å². The van der Waals surface area contributed by atoms with Gasteiger partial charge in [0.15, 0.2) is 5.78 Å². The van der Waals surface area contributed by atoms with Gasteiger partial charge < -0.3 is 5.32 Å². The van der Waals surface area contributed by atoms with Gasteiger partial charge in [0, 0.05) is 16.1 Å². The maximum atomic E-state index is 13.1. The maximum Gasteiger partial charge on any atom is 0.232 e. The summed E-state index contributed by atoms with van der Waals surface area (Å²) in [6, 6.07) is 7.03. The number of anilines is 1. The first kappa shape index (κ1) is 16.0. The minimum Gasteiger partial charge on any atom is -0.326 e. The third kappa shape index (κ3) is 1.74. The van der Waals surface area contributed by atoms with Crippen molar-refractivity contribution in [2.45, 2.75) is 38.4 Å². The molecule has 1 aromatic rings. The molecular weight excluding hydrogens is 366 g/mol. The molecule has 0 aromatic heterocycles. The number of amides is 1. The fourth-order valence-electron chi connectivity index (χ4n) is 4.23. The van der Waals surface area contributed by atoms with E-state index in [-0.39, 0.29) is 17.1 Å². The summed E-state index contributed by atoms with van der Waals surface area (Å²) in [6.07, 6.45) is 1.48. The molecule has 2 bridgehead atoms. The zero-order chi connectivity index (χ0) is 16.3. The molecule has 118 valence electrons. The number of fused-ring (bicyclic) bond motifs is 2. The van der Waals surface area contributed by atoms with Crippen LogP contribution < -0.4 is 5.32 Å². The van der Waals surface area contributed by atoms with Gasteiger partial charge in [-0.2, -0.15) is 0 Å². The average molecular weight is 385 g/mol. The molecule has 0 saturated heterocycles. The Balaban J connectivity index is 1.97. The molecule has 2 aliphatic carbocycles. The molecule has 0 aliphatic heterocycles. The van der Waals surface area contributed by atoms with E-state index >= 15 is 0 Å². The van der Waals surface area contributed by atoms with Crippen molar-refractivity contribution in [1.82, 2.24) is 0 Å². The van der Waals surface area contributed by atoms with Gasteiger partial charge in [-0.1, -0.05) is 48.3 Å². The molecule has 1 amide bonds. The number of rotatable bonds is 2. The van der Waals surface area contributed by atoms with Crippen molar-refractivity contribution in [2.75, 3.05) is 5.32 Å². The summed E-state index contributed by atoms with van der Waals surface area (Å²) < 4.78 is 0. The van der Waals surface area contributed by atoms with E-state index in [4.69, 9.17) is 11.6 Å². The van der Waals surface area contributed by atoms with Crippen LogP contribution in [0.15, 0.2) is 24.3 Å². The van der Waals surface area contributed by atoms with Gasteiger partial charge >= 0.3 is 0 Å². The third-order valence-electron chi connectivity index (χ3n) is 6.23. The van der Waals surface area contributed by atoms with Gasteiger partial charge in [0.25, 0.3) is 0 Å². The molecule has 2 aliphatic rings. The first-order valence-corrected chi connectivity index (χ1v) is 8.71. The van der Waals surface area contributed by atoms with Crippen LogP contribution in [0.3, 0.4) is 0 Å². The first-order valence-electron chi connectivity index (χ1n) is 7.42. The van der Waals surface area contributed by atoms with Crippen LogP contribution in [0.5, 0.6) is 0 Å². The summed E-state index contributed by atoms with van der Waals surface area (Å²) in [5, 5.41) is 3.60. The summed E-state index contributed by atoms with van der Waals surface area (Å²) in [4.78, 5) is 25.3. The van der Waals surface area contributed by atoms with Crippen molar-refractivity contribution < 1.29 is 9.59 Å². The first-order chi connectivity index (χ1) is 10.2. The molecule has 0 spiro atoms. The number of ketones is 1. The highest BCUT2D eigenvalue weighted by Gasteiger charge is 2.76. The number of Topliss-reactive ketones (excluding diaryl/α,β-unsaturated/α-hetero) is 1. The fourth-order valence-corrected chi connectivity index (χ4v) is 5.87. The lowest BCUT2D eigenvalue weighted by Crippen LogP contribution is -2.47. The van der Waals surface area contributed by atoms with E-state index in [2.05, 4.69) is 21.2 Å². The number of carbonyl (C=O) groups excluding carboxylic acids is 2. The van der Waals surface area contributed by atoms with Crippen molar-refractivity contribution in [1.29, 1.82) is 0 Å². The predicted octanol–water partition coefficient (Wildman–Crippen LogP) is 4.44. The Morgan fingerprint density at radius 3 is 2.32 bits per heavy atom. The van der Waals surface area contributed by atoms with Crippen LogP contribution in [0.4, 0.5) is 5.69 Å². The van der Waals surface area contributed by atoms with E-state index < -0.39 is 15.7 Å². The minimum atomic E-state index is -0.710. The maximum absolute atomic E-state index is 13.1. The van der Waals surface area contributed by atoms with E-state index in [1.165, 1.54) is 0 Å². The number of hydrogen-bond acceptors (Lipinski definition) is 2. The fraction of sp³-hybridized carbons (Fsp3) is 0.529. The Kier molecular flexibility index (Phi) is 3.50. The smallest absolute Gasteiger partial charge is 0.232 e. The zero-order valence-electron chi connectivity index (χ0n) is 12.9. The number of alkyl halides is 1. The normalized spacial score (nSPS) is 35.7. The van der Waals surface area contributed by atoms with Crippen molar-refractivity contribution in [3.8, 4) is 0 Å². The molecule has 3 nitrogen and oxygen atoms in total. The van der Waals surface area contributed by atoms with Crippen molar-refractivity contribution >= 4 is 44.9 Å². The highest BCUT2D eigenvalue weighted by molar-refractivity contribution is 9.10. The second-order valence-corrected chi connectivity index (χ2v) is 8.47. The third-order valence-corrected chi connectivity index (χ3v) is 7.68. The van der Waals surface area contributed by atoms with E-state index in [1.54, 1.807) is 24.3 Å². The van der Waals surface area contributed by atoms with Crippen molar-refractivity contribution in [2.24, 2.45) is 16.2 Å². The van der Waals surface area contributed by atoms with Crippen molar-refractivity contribution in [3.63, 3.8) is 0 Å². The number of carbonyl (C=O) groups is 2. The number of halogens is 2. The van der Waals surface area contributed by atoms with Crippen LogP contribution in [-0.2, 0) is 9.59 Å². The molecule has 2 fully saturated rings. The largest absolute Gasteiger partial charge is 0.326 e. The second-order valence-electron chi connectivity index (χ2n) is 7.12. The van der Waals surface area contributed by atoms with Crippen molar-refractivity contribution in [3.05, 3.63) is 29.3 Å². The van der Waals surface area contributed by atoms with E-state index in [1.807, 2.05) is 20.8 Å². The van der Waals surface area contributed by atoms with Crippen LogP contribution in [0.25, 0.3) is 0 Å². The van der Waals surface area contributed by atoms with Crippen LogP contribution in [0, 0.1) is 16.2 Å². The van der Waals surface area contributed by atoms with Gasteiger partial charge in [-0.05, 0) is 42.5 Å². The van der Waals surface area contributed by atoms with E-state index in [0.717, 1.165) is 12.8 Å². The molecule has 22 heavy (non-hydrogen) atoms. The van der Waals surface area contributed by atoms with Gasteiger partial charge in [0.2, 0.25) is 5.91 Å². The summed E-state index contributed by atoms with van der Waals surface area (Å²) in [5.74, 6) is 0.0614. The van der Waals surface area contributed by atoms with Gasteiger partial charge in [0.05, 0.1) is 10.2 Å². The Morgan fingerprint density at radius 1 is 1.23 bits per heavy atom. The molecule has 3 rings (SSSR count). The summed E-state index contributed by atoms with van der Waals surface area (Å²) in [6.45, 7) is 6.08. The molecule has 2 saturated carbocycles. The lowest BCUT2D eigenvalue weighted by molar-refractivity contribution is -0.130. The lowest BCUT2D eigenvalue weighted by Gasteiger charge is -2.39. The monoisotopic (exact) mass is 383 g/mol. The van der Waals surface area contributed by atoms with Crippen LogP contribution in [0.2, 0.25) is 5.02 Å². The molecule has 0 radical (unpaired) electrons. The lowest BCUT2D eigenvalue weighted by atomic mass is 9.64. The molecular formula is C17H19BrClNO2. The number of benzene rings is 1. The quantitative estimate of drug-likeness (QED) is 0.766. The SMILES string of the molecule is CC12CCC(C(=O)Nc3ccc(Cl)cc3)([C@H](Br)C1=O)C2(C)C. The number of nitrogens with one attached hydrogen (secondary N) is 1. The van der Waals surface area contributed by atoms with E-state index in [0.29, 0.717) is 10.7 Å². The summed E-state index contributed by atoms with van der Waals surface area (Å²) in [5.41, 5.74) is -0.842. The van der Waals surface area contributed by atoms with Crippen LogP contribution in [-0.4, -0.2) is 16.5 Å². The zero-order valence-corrected chi connectivity index (χ0v) is 15.2. The molecule has 1 N–H and O–H groups in total. The predicted molar refractivity (Wildman–Crippen MR) is 91.4 cm³/mol. The topological polar surface area (TPSA) is 46.2 Å².